The molecule has 0 amide bonds. The first-order valence-corrected chi connectivity index (χ1v) is 5.02. The van der Waals surface area contributed by atoms with Crippen molar-refractivity contribution in [3.63, 3.8) is 0 Å². The van der Waals surface area contributed by atoms with Crippen LogP contribution >= 0.6 is 0 Å². The molecule has 1 N–H and O–H groups in total. The Morgan fingerprint density at radius 3 is 1.81 bits per heavy atom. The van der Waals surface area contributed by atoms with Crippen LogP contribution < -0.4 is 17.4 Å². The van der Waals surface area contributed by atoms with Crippen LogP contribution in [0.1, 0.15) is 12.5 Å². The fourth-order valence-corrected chi connectivity index (χ4v) is 1.10. The van der Waals surface area contributed by atoms with Crippen molar-refractivity contribution in [2.24, 2.45) is 0 Å². The molecule has 0 fully saturated rings. The minimum absolute atomic E-state index is 0. The first-order valence-electron chi connectivity index (χ1n) is 5.02. The molecule has 84 valence electrons. The van der Waals surface area contributed by atoms with Gasteiger partial charge >= 0.3 is 0 Å². The molecular formula is C14H16ClN. The Kier molecular flexibility index (Phi) is 8.94. The van der Waals surface area contributed by atoms with Crippen LogP contribution in [0.5, 0.6) is 0 Å². The summed E-state index contributed by atoms with van der Waals surface area (Å²) >= 11 is 0. The fourth-order valence-electron chi connectivity index (χ4n) is 1.10. The Morgan fingerprint density at radius 1 is 0.875 bits per heavy atom. The van der Waals surface area contributed by atoms with Gasteiger partial charge in [-0.2, -0.15) is 0 Å². The fraction of sp³-hybridized carbons (Fsp3) is 0.0714. The van der Waals surface area contributed by atoms with E-state index < -0.39 is 0 Å². The second-order valence-corrected chi connectivity index (χ2v) is 2.99. The van der Waals surface area contributed by atoms with Crippen LogP contribution in [0, 0.1) is 0 Å². The molecule has 1 aromatic carbocycles. The first-order chi connectivity index (χ1) is 7.43. The Balaban J connectivity index is 0.000000283. The summed E-state index contributed by atoms with van der Waals surface area (Å²) in [6.45, 7) is 2.02. The standard InChI is InChI=1S/C9H10.C5H5N.ClH/c1-2-6-9-7-4-3-5-8-9;1-2-4-6-5-3-1;/h2-8H,1H3;1-5H;1H. The number of aromatic amines is 1. The van der Waals surface area contributed by atoms with E-state index in [4.69, 9.17) is 0 Å². The van der Waals surface area contributed by atoms with Gasteiger partial charge in [-0.25, -0.2) is 4.98 Å². The SMILES string of the molecule is CC=Cc1ccccc1.[Cl-].c1cc[nH+]cc1. The van der Waals surface area contributed by atoms with E-state index >= 15 is 0 Å². The molecule has 0 saturated heterocycles. The molecule has 0 spiro atoms. The minimum atomic E-state index is 0. The van der Waals surface area contributed by atoms with E-state index in [-0.39, 0.29) is 12.4 Å². The van der Waals surface area contributed by atoms with E-state index in [2.05, 4.69) is 23.2 Å². The van der Waals surface area contributed by atoms with E-state index in [1.165, 1.54) is 5.56 Å². The number of nitrogens with one attached hydrogen (secondary N) is 1. The highest BCUT2D eigenvalue weighted by Gasteiger charge is 1.77. The number of halogens is 1. The molecule has 0 bridgehead atoms. The van der Waals surface area contributed by atoms with E-state index in [0.29, 0.717) is 0 Å². The lowest BCUT2D eigenvalue weighted by Gasteiger charge is -1.86. The van der Waals surface area contributed by atoms with Gasteiger partial charge in [0.1, 0.15) is 0 Å². The third-order valence-electron chi connectivity index (χ3n) is 1.77. The second-order valence-electron chi connectivity index (χ2n) is 2.99. The topological polar surface area (TPSA) is 14.1 Å². The summed E-state index contributed by atoms with van der Waals surface area (Å²) in [5.41, 5.74) is 1.26. The number of rotatable bonds is 1. The van der Waals surface area contributed by atoms with Gasteiger partial charge in [0, 0.05) is 12.1 Å². The van der Waals surface area contributed by atoms with Crippen LogP contribution in [0.2, 0.25) is 0 Å². The van der Waals surface area contributed by atoms with Crippen LogP contribution in [0.3, 0.4) is 0 Å². The van der Waals surface area contributed by atoms with Crippen LogP contribution in [-0.2, 0) is 0 Å². The molecule has 0 radical (unpaired) electrons. The number of benzene rings is 1. The van der Waals surface area contributed by atoms with Gasteiger partial charge in [-0.3, -0.25) is 0 Å². The minimum Gasteiger partial charge on any atom is -1.00 e. The molecule has 2 heteroatoms. The monoisotopic (exact) mass is 233 g/mol. The average Bonchev–Trinajstić information content (AvgIpc) is 2.34. The summed E-state index contributed by atoms with van der Waals surface area (Å²) in [4.78, 5) is 2.89. The predicted octanol–water partition coefficient (Wildman–Crippen LogP) is 0.224. The Morgan fingerprint density at radius 2 is 1.44 bits per heavy atom. The van der Waals surface area contributed by atoms with Gasteiger partial charge in [0.2, 0.25) is 0 Å². The van der Waals surface area contributed by atoms with Gasteiger partial charge in [0.05, 0.1) is 0 Å². The molecule has 1 nitrogen and oxygen atoms in total. The molecule has 2 aromatic rings. The van der Waals surface area contributed by atoms with Gasteiger partial charge in [0.15, 0.2) is 12.4 Å². The van der Waals surface area contributed by atoms with Crippen LogP contribution in [0.15, 0.2) is 67.0 Å². The molecule has 0 aliphatic carbocycles. The second kappa shape index (κ2) is 9.94. The highest BCUT2D eigenvalue weighted by molar-refractivity contribution is 5.47. The van der Waals surface area contributed by atoms with Gasteiger partial charge in [-0.1, -0.05) is 48.6 Å². The molecule has 1 heterocycles. The molecule has 0 unspecified atom stereocenters. The molecule has 0 atom stereocenters. The summed E-state index contributed by atoms with van der Waals surface area (Å²) < 4.78 is 0. The van der Waals surface area contributed by atoms with Crippen LogP contribution in [0.25, 0.3) is 6.08 Å². The Hall–Kier alpha value is -1.60. The lowest BCUT2D eigenvalue weighted by Crippen LogP contribution is -3.00. The zero-order chi connectivity index (χ0) is 10.8. The lowest BCUT2D eigenvalue weighted by molar-refractivity contribution is -0.377. The summed E-state index contributed by atoms with van der Waals surface area (Å²) in [7, 11) is 0. The summed E-state index contributed by atoms with van der Waals surface area (Å²) in [6.07, 6.45) is 7.87. The van der Waals surface area contributed by atoms with Crippen molar-refractivity contribution < 1.29 is 17.4 Å². The summed E-state index contributed by atoms with van der Waals surface area (Å²) in [6, 6.07) is 16.1. The molecule has 0 saturated carbocycles. The van der Waals surface area contributed by atoms with Crippen molar-refractivity contribution in [1.29, 1.82) is 0 Å². The van der Waals surface area contributed by atoms with Crippen molar-refractivity contribution in [2.75, 3.05) is 0 Å². The van der Waals surface area contributed by atoms with E-state index in [0.717, 1.165) is 0 Å². The summed E-state index contributed by atoms with van der Waals surface area (Å²) in [5.74, 6) is 0. The Labute approximate surface area is 103 Å². The highest BCUT2D eigenvalue weighted by atomic mass is 35.5. The van der Waals surface area contributed by atoms with Gasteiger partial charge in [-0.15, -0.1) is 0 Å². The molecule has 0 aliphatic rings. The zero-order valence-corrected chi connectivity index (χ0v) is 10.1. The number of H-pyrrole nitrogens is 1. The van der Waals surface area contributed by atoms with E-state index in [9.17, 15) is 0 Å². The number of hydrogen-bond donors (Lipinski definition) is 0. The molecular weight excluding hydrogens is 218 g/mol. The average molecular weight is 234 g/mol. The molecule has 0 aliphatic heterocycles. The maximum atomic E-state index is 2.89. The third-order valence-corrected chi connectivity index (χ3v) is 1.77. The predicted molar refractivity (Wildman–Crippen MR) is 64.1 cm³/mol. The number of pyridine rings is 1. The molecule has 1 aromatic heterocycles. The number of hydrogen-bond acceptors (Lipinski definition) is 0. The first kappa shape index (κ1) is 14.4. The van der Waals surface area contributed by atoms with Crippen molar-refractivity contribution in [2.45, 2.75) is 6.92 Å². The van der Waals surface area contributed by atoms with E-state index in [1.54, 1.807) is 0 Å². The maximum absolute atomic E-state index is 2.89. The highest BCUT2D eigenvalue weighted by Crippen LogP contribution is 1.99. The smallest absolute Gasteiger partial charge is 0.166 e. The normalized spacial score (nSPS) is 8.81. The van der Waals surface area contributed by atoms with Crippen LogP contribution in [0.4, 0.5) is 0 Å². The van der Waals surface area contributed by atoms with Gasteiger partial charge in [0.25, 0.3) is 0 Å². The van der Waals surface area contributed by atoms with Crippen LogP contribution in [-0.4, -0.2) is 0 Å². The molecule has 2 rings (SSSR count). The third kappa shape index (κ3) is 6.80. The number of allylic oxidation sites excluding steroid dienone is 1. The van der Waals surface area contributed by atoms with Crippen molar-refractivity contribution in [3.05, 3.63) is 72.6 Å². The van der Waals surface area contributed by atoms with Gasteiger partial charge < -0.3 is 12.4 Å². The molecule has 16 heavy (non-hydrogen) atoms. The Bertz CT molecular complexity index is 344. The maximum Gasteiger partial charge on any atom is 0.166 e. The van der Waals surface area contributed by atoms with Crippen molar-refractivity contribution in [3.8, 4) is 0 Å². The zero-order valence-electron chi connectivity index (χ0n) is 9.31. The van der Waals surface area contributed by atoms with E-state index in [1.807, 2.05) is 61.8 Å². The lowest BCUT2D eigenvalue weighted by atomic mass is 10.2. The number of aromatic nitrogens is 1. The van der Waals surface area contributed by atoms with Gasteiger partial charge in [-0.05, 0) is 12.5 Å². The largest absolute Gasteiger partial charge is 1.00 e. The van der Waals surface area contributed by atoms with Crippen molar-refractivity contribution in [1.82, 2.24) is 0 Å². The summed E-state index contributed by atoms with van der Waals surface area (Å²) in [5, 5.41) is 0. The van der Waals surface area contributed by atoms with Crippen molar-refractivity contribution >= 4 is 6.08 Å². The quantitative estimate of drug-likeness (QED) is 0.670.